The largest absolute Gasteiger partial charge is 0.493 e. The van der Waals surface area contributed by atoms with Crippen LogP contribution in [0.1, 0.15) is 11.6 Å². The first kappa shape index (κ1) is 14.7. The minimum Gasteiger partial charge on any atom is -0.493 e. The zero-order valence-electron chi connectivity index (χ0n) is 10.2. The Bertz CT molecular complexity index is 506. The van der Waals surface area contributed by atoms with Crippen molar-refractivity contribution < 1.29 is 18.3 Å². The predicted octanol–water partition coefficient (Wildman–Crippen LogP) is 2.08. The maximum absolute atomic E-state index is 12.3. The van der Waals surface area contributed by atoms with Crippen molar-refractivity contribution in [3.63, 3.8) is 0 Å². The number of nitriles is 1. The van der Waals surface area contributed by atoms with Gasteiger partial charge in [-0.15, -0.1) is 6.42 Å². The van der Waals surface area contributed by atoms with Crippen LogP contribution in [0.2, 0.25) is 0 Å². The molecule has 1 aromatic rings. The van der Waals surface area contributed by atoms with Gasteiger partial charge in [0, 0.05) is 0 Å². The Balaban J connectivity index is 3.02. The number of alkyl halides is 2. The van der Waals surface area contributed by atoms with E-state index >= 15 is 0 Å². The van der Waals surface area contributed by atoms with Gasteiger partial charge in [0.25, 0.3) is 0 Å². The summed E-state index contributed by atoms with van der Waals surface area (Å²) in [5.41, 5.74) is 0.467. The van der Waals surface area contributed by atoms with Gasteiger partial charge in [0.05, 0.1) is 19.7 Å². The first-order chi connectivity index (χ1) is 9.12. The maximum atomic E-state index is 12.3. The molecule has 0 aromatic heterocycles. The molecule has 0 fully saturated rings. The fourth-order valence-corrected chi connectivity index (χ4v) is 1.46. The van der Waals surface area contributed by atoms with Crippen LogP contribution in [0, 0.1) is 23.7 Å². The number of nitrogens with one attached hydrogen (secondary N) is 1. The Kier molecular flexibility index (Phi) is 5.59. The lowest BCUT2D eigenvalue weighted by molar-refractivity contribution is -0.0512. The molecule has 0 aliphatic heterocycles. The number of methoxy groups -OCH3 is 1. The van der Waals surface area contributed by atoms with Crippen LogP contribution in [-0.2, 0) is 0 Å². The third-order valence-corrected chi connectivity index (χ3v) is 2.27. The van der Waals surface area contributed by atoms with Gasteiger partial charge in [-0.05, 0) is 17.7 Å². The molecule has 0 aliphatic rings. The molecule has 0 aliphatic carbocycles. The second-order valence-corrected chi connectivity index (χ2v) is 3.44. The average Bonchev–Trinajstić information content (AvgIpc) is 2.39. The van der Waals surface area contributed by atoms with E-state index in [1.807, 2.05) is 6.07 Å². The highest BCUT2D eigenvalue weighted by atomic mass is 19.3. The Morgan fingerprint density at radius 1 is 1.42 bits per heavy atom. The quantitative estimate of drug-likeness (QED) is 0.801. The average molecular weight is 266 g/mol. The second kappa shape index (κ2) is 7.20. The van der Waals surface area contributed by atoms with Crippen molar-refractivity contribution >= 4 is 0 Å². The Morgan fingerprint density at radius 3 is 2.68 bits per heavy atom. The SMILES string of the molecule is C#CCNC(C#N)c1ccc(OC)c(OC(F)F)c1. The lowest BCUT2D eigenvalue weighted by atomic mass is 10.1. The summed E-state index contributed by atoms with van der Waals surface area (Å²) < 4.78 is 33.8. The van der Waals surface area contributed by atoms with Crippen LogP contribution in [0.15, 0.2) is 18.2 Å². The molecular weight excluding hydrogens is 254 g/mol. The highest BCUT2D eigenvalue weighted by Crippen LogP contribution is 2.31. The van der Waals surface area contributed by atoms with Crippen molar-refractivity contribution in [2.45, 2.75) is 12.7 Å². The molecular formula is C13H12F2N2O2. The van der Waals surface area contributed by atoms with Crippen LogP contribution in [0.25, 0.3) is 0 Å². The van der Waals surface area contributed by atoms with E-state index in [1.165, 1.54) is 19.2 Å². The van der Waals surface area contributed by atoms with E-state index in [0.29, 0.717) is 5.56 Å². The zero-order chi connectivity index (χ0) is 14.3. The lowest BCUT2D eigenvalue weighted by Crippen LogP contribution is -2.20. The van der Waals surface area contributed by atoms with Crippen molar-refractivity contribution in [3.8, 4) is 29.9 Å². The molecule has 0 bridgehead atoms. The summed E-state index contributed by atoms with van der Waals surface area (Å²) in [7, 11) is 1.34. The van der Waals surface area contributed by atoms with Gasteiger partial charge >= 0.3 is 6.61 Å². The molecule has 1 atom stereocenters. The Labute approximate surface area is 109 Å². The zero-order valence-corrected chi connectivity index (χ0v) is 10.2. The summed E-state index contributed by atoms with van der Waals surface area (Å²) in [6, 6.07) is 5.63. The lowest BCUT2D eigenvalue weighted by Gasteiger charge is -2.14. The minimum atomic E-state index is -2.97. The van der Waals surface area contributed by atoms with Crippen molar-refractivity contribution in [1.82, 2.24) is 5.32 Å². The molecule has 6 heteroatoms. The third kappa shape index (κ3) is 4.13. The number of halogens is 2. The van der Waals surface area contributed by atoms with Gasteiger partial charge in [0.1, 0.15) is 6.04 Å². The molecule has 0 saturated heterocycles. The van der Waals surface area contributed by atoms with Crippen LogP contribution in [0.3, 0.4) is 0 Å². The van der Waals surface area contributed by atoms with Gasteiger partial charge < -0.3 is 9.47 Å². The van der Waals surface area contributed by atoms with Crippen LogP contribution >= 0.6 is 0 Å². The van der Waals surface area contributed by atoms with Crippen molar-refractivity contribution in [3.05, 3.63) is 23.8 Å². The monoisotopic (exact) mass is 266 g/mol. The van der Waals surface area contributed by atoms with Gasteiger partial charge in [0.2, 0.25) is 0 Å². The van der Waals surface area contributed by atoms with Crippen LogP contribution < -0.4 is 14.8 Å². The molecule has 4 nitrogen and oxygen atoms in total. The van der Waals surface area contributed by atoms with Gasteiger partial charge in [-0.25, -0.2) is 0 Å². The molecule has 0 heterocycles. The van der Waals surface area contributed by atoms with Gasteiger partial charge in [-0.2, -0.15) is 14.0 Å². The standard InChI is InChI=1S/C13H12F2N2O2/c1-3-6-17-10(8-16)9-4-5-11(18-2)12(7-9)19-13(14)15/h1,4-5,7,10,13,17H,6H2,2H3. The van der Waals surface area contributed by atoms with Gasteiger partial charge in [-0.1, -0.05) is 12.0 Å². The summed E-state index contributed by atoms with van der Waals surface area (Å²) >= 11 is 0. The van der Waals surface area contributed by atoms with Crippen molar-refractivity contribution in [2.75, 3.05) is 13.7 Å². The summed E-state index contributed by atoms with van der Waals surface area (Å²) in [4.78, 5) is 0. The molecule has 1 unspecified atom stereocenters. The van der Waals surface area contributed by atoms with Gasteiger partial charge in [0.15, 0.2) is 11.5 Å². The summed E-state index contributed by atoms with van der Waals surface area (Å²) in [6.45, 7) is -2.78. The number of terminal acetylenes is 1. The molecule has 0 saturated carbocycles. The topological polar surface area (TPSA) is 54.3 Å². The maximum Gasteiger partial charge on any atom is 0.387 e. The molecule has 19 heavy (non-hydrogen) atoms. The van der Waals surface area contributed by atoms with E-state index in [-0.39, 0.29) is 18.0 Å². The van der Waals surface area contributed by atoms with E-state index in [1.54, 1.807) is 6.07 Å². The fraction of sp³-hybridized carbons (Fsp3) is 0.308. The summed E-state index contributed by atoms with van der Waals surface area (Å²) in [6.07, 6.45) is 5.09. The highest BCUT2D eigenvalue weighted by molar-refractivity contribution is 5.44. The van der Waals surface area contributed by atoms with Crippen molar-refractivity contribution in [1.29, 1.82) is 5.26 Å². The molecule has 1 aromatic carbocycles. The van der Waals surface area contributed by atoms with E-state index in [2.05, 4.69) is 16.0 Å². The van der Waals surface area contributed by atoms with E-state index in [0.717, 1.165) is 0 Å². The molecule has 1 rings (SSSR count). The second-order valence-electron chi connectivity index (χ2n) is 3.44. The number of benzene rings is 1. The predicted molar refractivity (Wildman–Crippen MR) is 64.8 cm³/mol. The summed E-state index contributed by atoms with van der Waals surface area (Å²) in [5.74, 6) is 2.37. The number of nitrogens with zero attached hydrogens (tertiary/aromatic N) is 1. The third-order valence-electron chi connectivity index (χ3n) is 2.27. The number of rotatable bonds is 6. The molecule has 100 valence electrons. The Morgan fingerprint density at radius 2 is 2.16 bits per heavy atom. The molecule has 0 radical (unpaired) electrons. The van der Waals surface area contributed by atoms with Crippen LogP contribution in [-0.4, -0.2) is 20.3 Å². The number of hydrogen-bond donors (Lipinski definition) is 1. The normalized spacial score (nSPS) is 11.5. The van der Waals surface area contributed by atoms with E-state index in [9.17, 15) is 8.78 Å². The van der Waals surface area contributed by atoms with Crippen LogP contribution in [0.4, 0.5) is 8.78 Å². The first-order valence-electron chi connectivity index (χ1n) is 5.31. The Hall–Kier alpha value is -2.31. The fourth-order valence-electron chi connectivity index (χ4n) is 1.46. The first-order valence-corrected chi connectivity index (χ1v) is 5.31. The minimum absolute atomic E-state index is 0.127. The molecule has 0 spiro atoms. The smallest absolute Gasteiger partial charge is 0.387 e. The molecule has 1 N–H and O–H groups in total. The van der Waals surface area contributed by atoms with Gasteiger partial charge in [-0.3, -0.25) is 5.32 Å². The summed E-state index contributed by atoms with van der Waals surface area (Å²) in [5, 5.41) is 11.8. The van der Waals surface area contributed by atoms with E-state index < -0.39 is 12.7 Å². The number of ether oxygens (including phenoxy) is 2. The highest BCUT2D eigenvalue weighted by Gasteiger charge is 2.15. The van der Waals surface area contributed by atoms with Crippen LogP contribution in [0.5, 0.6) is 11.5 Å². The van der Waals surface area contributed by atoms with E-state index in [4.69, 9.17) is 16.4 Å². The molecule has 0 amide bonds. The van der Waals surface area contributed by atoms with Crippen molar-refractivity contribution in [2.24, 2.45) is 0 Å². The number of hydrogen-bond acceptors (Lipinski definition) is 4.